The van der Waals surface area contributed by atoms with Crippen LogP contribution < -0.4 is 0 Å². The molecule has 2 aliphatic carbocycles. The number of rotatable bonds is 5. The first-order chi connectivity index (χ1) is 16.9. The van der Waals surface area contributed by atoms with Crippen molar-refractivity contribution in [2.45, 2.75) is 38.1 Å². The number of nitrogens with one attached hydrogen (secondary N) is 1. The highest BCUT2D eigenvalue weighted by Gasteiger charge is 2.58. The molecule has 0 bridgehead atoms. The van der Waals surface area contributed by atoms with Gasteiger partial charge in [-0.1, -0.05) is 12.1 Å². The Labute approximate surface area is 202 Å². The number of hydrogen-bond acceptors (Lipinski definition) is 3. The fraction of sp³-hybridized carbons (Fsp3) is 0.393. The number of H-pyrrole nitrogens is 1. The van der Waals surface area contributed by atoms with Crippen LogP contribution in [0.15, 0.2) is 47.5 Å². The summed E-state index contributed by atoms with van der Waals surface area (Å²) in [6.07, 6.45) is 3.44. The number of likely N-dealkylation sites (tertiary alicyclic amines) is 1. The fourth-order valence-electron chi connectivity index (χ4n) is 5.52. The van der Waals surface area contributed by atoms with Crippen molar-refractivity contribution in [3.8, 4) is 11.1 Å². The summed E-state index contributed by atoms with van der Waals surface area (Å²) < 4.78 is 15.5. The van der Waals surface area contributed by atoms with E-state index in [0.717, 1.165) is 53.4 Å². The number of benzene rings is 2. The van der Waals surface area contributed by atoms with Crippen LogP contribution in [0.25, 0.3) is 22.0 Å². The standard InChI is InChI=1S/C28H27FN4O2/c1-16-10-21-11-19(5-7-24(21)30-16)20-4-6-22(23(29)12-20)25-31-28(8-9-28)27(35)33(25)15-17-13-32(14-17)26(34)18-2-3-18/h4-7,10-12,17-18,30H,2-3,8-9,13-15H2,1H3. The van der Waals surface area contributed by atoms with Crippen LogP contribution in [0, 0.1) is 24.6 Å². The molecule has 4 aliphatic rings. The average Bonchev–Trinajstić information content (AvgIpc) is 3.72. The first-order valence-corrected chi connectivity index (χ1v) is 12.5. The van der Waals surface area contributed by atoms with Crippen LogP contribution in [-0.2, 0) is 9.59 Å². The van der Waals surface area contributed by atoms with Gasteiger partial charge in [0.05, 0.1) is 5.56 Å². The predicted octanol–water partition coefficient (Wildman–Crippen LogP) is 4.27. The molecule has 3 fully saturated rings. The molecule has 0 atom stereocenters. The molecule has 6 nitrogen and oxygen atoms in total. The van der Waals surface area contributed by atoms with Crippen LogP contribution >= 0.6 is 0 Å². The van der Waals surface area contributed by atoms with Gasteiger partial charge in [-0.25, -0.2) is 4.39 Å². The van der Waals surface area contributed by atoms with E-state index in [2.05, 4.69) is 17.1 Å². The van der Waals surface area contributed by atoms with Crippen LogP contribution in [0.2, 0.25) is 0 Å². The van der Waals surface area contributed by atoms with Crippen molar-refractivity contribution in [3.05, 3.63) is 59.5 Å². The second-order valence-corrected chi connectivity index (χ2v) is 10.7. The summed E-state index contributed by atoms with van der Waals surface area (Å²) >= 11 is 0. The van der Waals surface area contributed by atoms with Gasteiger partial charge in [0.25, 0.3) is 5.91 Å². The number of carbonyl (C=O) groups is 2. The second-order valence-electron chi connectivity index (χ2n) is 10.7. The number of aliphatic imine (C=N–C) groups is 1. The Hall–Kier alpha value is -3.48. The highest BCUT2D eigenvalue weighted by atomic mass is 19.1. The number of amidine groups is 1. The summed E-state index contributed by atoms with van der Waals surface area (Å²) in [5.74, 6) is 0.722. The lowest BCUT2D eigenvalue weighted by Crippen LogP contribution is -2.55. The molecular formula is C28H27FN4O2. The summed E-state index contributed by atoms with van der Waals surface area (Å²) in [7, 11) is 0. The summed E-state index contributed by atoms with van der Waals surface area (Å²) in [4.78, 5) is 37.1. The Kier molecular flexibility index (Phi) is 4.33. The van der Waals surface area contributed by atoms with Crippen molar-refractivity contribution in [1.82, 2.24) is 14.8 Å². The van der Waals surface area contributed by atoms with Gasteiger partial charge in [-0.05, 0) is 74.1 Å². The minimum Gasteiger partial charge on any atom is -0.359 e. The molecule has 1 N–H and O–H groups in total. The highest BCUT2D eigenvalue weighted by molar-refractivity contribution is 6.16. The molecule has 1 saturated heterocycles. The van der Waals surface area contributed by atoms with Crippen molar-refractivity contribution in [3.63, 3.8) is 0 Å². The maximum Gasteiger partial charge on any atom is 0.256 e. The second kappa shape index (κ2) is 7.26. The van der Waals surface area contributed by atoms with E-state index in [1.165, 1.54) is 0 Å². The number of aryl methyl sites for hydroxylation is 1. The van der Waals surface area contributed by atoms with Gasteiger partial charge in [-0.2, -0.15) is 0 Å². The first-order valence-electron chi connectivity index (χ1n) is 12.5. The minimum absolute atomic E-state index is 0.0174. The number of aromatic nitrogens is 1. The van der Waals surface area contributed by atoms with E-state index in [0.29, 0.717) is 31.0 Å². The SMILES string of the molecule is Cc1cc2cc(-c3ccc(C4=NC5(CC5)C(=O)N4CC4CN(C(=O)C5CC5)C4)c(F)c3)ccc2[nH]1. The number of halogens is 1. The summed E-state index contributed by atoms with van der Waals surface area (Å²) in [6, 6.07) is 13.3. The average molecular weight is 471 g/mol. The van der Waals surface area contributed by atoms with Crippen LogP contribution in [0.3, 0.4) is 0 Å². The number of fused-ring (bicyclic) bond motifs is 1. The van der Waals surface area contributed by atoms with Gasteiger partial charge in [-0.15, -0.1) is 0 Å². The molecule has 178 valence electrons. The van der Waals surface area contributed by atoms with Gasteiger partial charge in [0.2, 0.25) is 5.91 Å². The molecule has 3 heterocycles. The Bertz CT molecular complexity index is 1430. The van der Waals surface area contributed by atoms with Gasteiger partial charge in [0.15, 0.2) is 0 Å². The number of aromatic amines is 1. The quantitative estimate of drug-likeness (QED) is 0.605. The molecule has 2 aliphatic heterocycles. The molecule has 0 radical (unpaired) electrons. The smallest absolute Gasteiger partial charge is 0.256 e. The summed E-state index contributed by atoms with van der Waals surface area (Å²) in [5.41, 5.74) is 3.55. The van der Waals surface area contributed by atoms with E-state index in [1.807, 2.05) is 30.0 Å². The van der Waals surface area contributed by atoms with Crippen molar-refractivity contribution in [1.29, 1.82) is 0 Å². The third-order valence-corrected chi connectivity index (χ3v) is 7.88. The third kappa shape index (κ3) is 3.39. The van der Waals surface area contributed by atoms with Gasteiger partial charge < -0.3 is 9.88 Å². The normalized spacial score (nSPS) is 21.1. The minimum atomic E-state index is -0.690. The summed E-state index contributed by atoms with van der Waals surface area (Å²) in [5, 5.41) is 1.09. The molecule has 7 rings (SSSR count). The van der Waals surface area contributed by atoms with Crippen LogP contribution in [0.4, 0.5) is 4.39 Å². The molecule has 2 aromatic carbocycles. The van der Waals surface area contributed by atoms with Crippen molar-refractivity contribution in [2.24, 2.45) is 16.8 Å². The zero-order chi connectivity index (χ0) is 23.9. The van der Waals surface area contributed by atoms with E-state index >= 15 is 4.39 Å². The maximum absolute atomic E-state index is 15.5. The molecule has 3 aromatic rings. The van der Waals surface area contributed by atoms with Gasteiger partial charge >= 0.3 is 0 Å². The largest absolute Gasteiger partial charge is 0.359 e. The van der Waals surface area contributed by atoms with Gasteiger partial charge in [-0.3, -0.25) is 19.5 Å². The van der Waals surface area contributed by atoms with E-state index in [-0.39, 0.29) is 29.5 Å². The topological polar surface area (TPSA) is 68.8 Å². The van der Waals surface area contributed by atoms with Crippen LogP contribution in [-0.4, -0.2) is 57.6 Å². The Balaban J connectivity index is 1.14. The number of nitrogens with zero attached hydrogens (tertiary/aromatic N) is 3. The van der Waals surface area contributed by atoms with Crippen LogP contribution in [0.5, 0.6) is 0 Å². The third-order valence-electron chi connectivity index (χ3n) is 7.88. The molecule has 2 saturated carbocycles. The fourth-order valence-corrected chi connectivity index (χ4v) is 5.52. The molecule has 1 aromatic heterocycles. The number of amides is 2. The zero-order valence-corrected chi connectivity index (χ0v) is 19.7. The Morgan fingerprint density at radius 1 is 1.11 bits per heavy atom. The Morgan fingerprint density at radius 3 is 2.57 bits per heavy atom. The lowest BCUT2D eigenvalue weighted by molar-refractivity contribution is -0.139. The first kappa shape index (κ1) is 20.9. The van der Waals surface area contributed by atoms with Gasteiger partial charge in [0.1, 0.15) is 17.2 Å². The summed E-state index contributed by atoms with van der Waals surface area (Å²) in [6.45, 7) is 3.84. The van der Waals surface area contributed by atoms with E-state index in [4.69, 9.17) is 4.99 Å². The van der Waals surface area contributed by atoms with Crippen LogP contribution in [0.1, 0.15) is 36.9 Å². The van der Waals surface area contributed by atoms with Crippen molar-refractivity contribution in [2.75, 3.05) is 19.6 Å². The van der Waals surface area contributed by atoms with E-state index in [9.17, 15) is 9.59 Å². The molecule has 7 heteroatoms. The lowest BCUT2D eigenvalue weighted by atomic mass is 9.97. The predicted molar refractivity (Wildman–Crippen MR) is 131 cm³/mol. The molecular weight excluding hydrogens is 443 g/mol. The molecule has 35 heavy (non-hydrogen) atoms. The maximum atomic E-state index is 15.5. The Morgan fingerprint density at radius 2 is 1.86 bits per heavy atom. The molecule has 1 spiro atoms. The lowest BCUT2D eigenvalue weighted by Gasteiger charge is -2.41. The highest BCUT2D eigenvalue weighted by Crippen LogP contribution is 2.46. The van der Waals surface area contributed by atoms with Crippen molar-refractivity contribution >= 4 is 28.6 Å². The van der Waals surface area contributed by atoms with E-state index in [1.54, 1.807) is 17.0 Å². The van der Waals surface area contributed by atoms with E-state index < -0.39 is 5.54 Å². The molecule has 2 amide bonds. The molecule has 0 unspecified atom stereocenters. The number of hydrogen-bond donors (Lipinski definition) is 1. The zero-order valence-electron chi connectivity index (χ0n) is 19.7. The van der Waals surface area contributed by atoms with Gasteiger partial charge in [0, 0.05) is 48.1 Å². The monoisotopic (exact) mass is 470 g/mol. The number of carbonyl (C=O) groups excluding carboxylic acids is 2. The van der Waals surface area contributed by atoms with Crippen molar-refractivity contribution < 1.29 is 14.0 Å².